The van der Waals surface area contributed by atoms with Gasteiger partial charge in [-0.2, -0.15) is 0 Å². The predicted octanol–water partition coefficient (Wildman–Crippen LogP) is 2.35. The van der Waals surface area contributed by atoms with Crippen molar-refractivity contribution in [3.8, 4) is 5.75 Å². The minimum absolute atomic E-state index is 0.0198. The van der Waals surface area contributed by atoms with Gasteiger partial charge in [0.15, 0.2) is 6.04 Å². The van der Waals surface area contributed by atoms with Crippen LogP contribution in [0.15, 0.2) is 54.6 Å². The molecule has 6 N–H and O–H groups in total. The predicted molar refractivity (Wildman–Crippen MR) is 205 cm³/mol. The van der Waals surface area contributed by atoms with Crippen LogP contribution in [0.4, 0.5) is 0 Å². The fourth-order valence-corrected chi connectivity index (χ4v) is 7.27. The second-order valence-corrected chi connectivity index (χ2v) is 14.4. The lowest BCUT2D eigenvalue weighted by Crippen LogP contribution is -2.58. The van der Waals surface area contributed by atoms with E-state index in [1.807, 2.05) is 6.07 Å². The van der Waals surface area contributed by atoms with E-state index in [9.17, 15) is 38.7 Å². The third-order valence-corrected chi connectivity index (χ3v) is 10.2. The SMILES string of the molecule is CCCC(NC(=O)[C@@H]1CCCN1C(=O)[C@@H](NC(=O)Cc1cccc(OCCCCO)c1)C1CCCCC1)C(=O)C(=O)NCC(=O)N[C@H](C(=O)O)c1ccccc1. The molecule has 2 aromatic carbocycles. The Morgan fingerprint density at radius 3 is 2.30 bits per heavy atom. The highest BCUT2D eigenvalue weighted by molar-refractivity contribution is 6.38. The highest BCUT2D eigenvalue weighted by atomic mass is 16.5. The van der Waals surface area contributed by atoms with Crippen LogP contribution in [0.3, 0.4) is 0 Å². The summed E-state index contributed by atoms with van der Waals surface area (Å²) in [6.45, 7) is 1.92. The lowest BCUT2D eigenvalue weighted by Gasteiger charge is -2.35. The summed E-state index contributed by atoms with van der Waals surface area (Å²) in [5.41, 5.74) is 1.04. The van der Waals surface area contributed by atoms with Gasteiger partial charge < -0.3 is 41.1 Å². The first-order chi connectivity index (χ1) is 27.0. The van der Waals surface area contributed by atoms with E-state index in [0.717, 1.165) is 32.1 Å². The number of likely N-dealkylation sites (tertiary alicyclic amines) is 1. The smallest absolute Gasteiger partial charge is 0.330 e. The highest BCUT2D eigenvalue weighted by Crippen LogP contribution is 2.30. The molecule has 0 radical (unpaired) electrons. The van der Waals surface area contributed by atoms with E-state index in [-0.39, 0.29) is 43.7 Å². The van der Waals surface area contributed by atoms with E-state index in [0.29, 0.717) is 55.6 Å². The fourth-order valence-electron chi connectivity index (χ4n) is 7.27. The minimum atomic E-state index is -1.36. The number of aliphatic hydroxyl groups excluding tert-OH is 1. The van der Waals surface area contributed by atoms with E-state index in [2.05, 4.69) is 21.3 Å². The lowest BCUT2D eigenvalue weighted by molar-refractivity contribution is -0.144. The summed E-state index contributed by atoms with van der Waals surface area (Å²) in [5.74, 6) is -5.02. The summed E-state index contributed by atoms with van der Waals surface area (Å²) in [7, 11) is 0. The number of benzene rings is 2. The van der Waals surface area contributed by atoms with E-state index in [1.165, 1.54) is 17.0 Å². The first kappa shape index (κ1) is 43.4. The van der Waals surface area contributed by atoms with E-state index in [4.69, 9.17) is 9.84 Å². The van der Waals surface area contributed by atoms with Gasteiger partial charge in [0.25, 0.3) is 5.91 Å². The van der Waals surface area contributed by atoms with Crippen molar-refractivity contribution in [3.63, 3.8) is 0 Å². The van der Waals surface area contributed by atoms with Crippen molar-refractivity contribution in [3.05, 3.63) is 65.7 Å². The van der Waals surface area contributed by atoms with Gasteiger partial charge in [0, 0.05) is 13.2 Å². The number of hydrogen-bond donors (Lipinski definition) is 6. The number of carbonyl (C=O) groups excluding carboxylic acids is 6. The number of carbonyl (C=O) groups is 7. The van der Waals surface area contributed by atoms with Crippen molar-refractivity contribution < 1.29 is 48.5 Å². The molecule has 2 fully saturated rings. The molecule has 1 aliphatic carbocycles. The second-order valence-electron chi connectivity index (χ2n) is 14.4. The Kier molecular flexibility index (Phi) is 17.3. The Hall–Kier alpha value is -5.31. The third-order valence-electron chi connectivity index (χ3n) is 10.2. The number of ether oxygens (including phenoxy) is 1. The lowest BCUT2D eigenvalue weighted by atomic mass is 9.83. The van der Waals surface area contributed by atoms with Crippen LogP contribution in [0.5, 0.6) is 5.75 Å². The number of carboxylic acids is 1. The van der Waals surface area contributed by atoms with Crippen LogP contribution in [0.1, 0.15) is 94.7 Å². The van der Waals surface area contributed by atoms with Crippen molar-refractivity contribution in [2.45, 2.75) is 108 Å². The Morgan fingerprint density at radius 1 is 0.857 bits per heavy atom. The number of rotatable bonds is 21. The topological polar surface area (TPSA) is 221 Å². The number of nitrogens with one attached hydrogen (secondary N) is 4. The Balaban J connectivity index is 1.37. The molecular weight excluding hydrogens is 722 g/mol. The van der Waals surface area contributed by atoms with Crippen LogP contribution < -0.4 is 26.0 Å². The average molecular weight is 778 g/mol. The summed E-state index contributed by atoms with van der Waals surface area (Å²) < 4.78 is 5.75. The second kappa shape index (κ2) is 22.3. The van der Waals surface area contributed by atoms with Crippen molar-refractivity contribution in [2.75, 3.05) is 26.3 Å². The number of aliphatic hydroxyl groups is 1. The molecule has 2 aromatic rings. The molecule has 1 aliphatic heterocycles. The molecule has 15 nitrogen and oxygen atoms in total. The van der Waals surface area contributed by atoms with Gasteiger partial charge >= 0.3 is 5.97 Å². The van der Waals surface area contributed by atoms with E-state index in [1.54, 1.807) is 43.3 Å². The molecule has 4 rings (SSSR count). The first-order valence-electron chi connectivity index (χ1n) is 19.6. The zero-order valence-corrected chi connectivity index (χ0v) is 32.0. The number of Topliss-reactive ketones (excluding diaryl/α,β-unsaturated/α-hetero) is 1. The molecule has 56 heavy (non-hydrogen) atoms. The van der Waals surface area contributed by atoms with Crippen LogP contribution in [0, 0.1) is 5.92 Å². The quantitative estimate of drug-likeness (QED) is 0.0803. The fraction of sp³-hybridized carbons (Fsp3) is 0.537. The summed E-state index contributed by atoms with van der Waals surface area (Å²) in [4.78, 5) is 93.4. The van der Waals surface area contributed by atoms with Gasteiger partial charge in [-0.3, -0.25) is 28.8 Å². The number of hydrogen-bond acceptors (Lipinski definition) is 9. The summed E-state index contributed by atoms with van der Waals surface area (Å²) in [6.07, 6.45) is 7.14. The molecular formula is C41H55N5O10. The maximum absolute atomic E-state index is 14.3. The van der Waals surface area contributed by atoms with Crippen molar-refractivity contribution in [1.82, 2.24) is 26.2 Å². The summed E-state index contributed by atoms with van der Waals surface area (Å²) in [6, 6.07) is 10.8. The van der Waals surface area contributed by atoms with Crippen LogP contribution in [0.25, 0.3) is 0 Å². The van der Waals surface area contributed by atoms with Crippen LogP contribution in [-0.4, -0.2) is 101 Å². The Labute approximate surface area is 327 Å². The van der Waals surface area contributed by atoms with Gasteiger partial charge in [-0.05, 0) is 74.1 Å². The average Bonchev–Trinajstić information content (AvgIpc) is 3.70. The van der Waals surface area contributed by atoms with Crippen LogP contribution in [-0.2, 0) is 40.0 Å². The normalized spacial score (nSPS) is 17.2. The molecule has 0 bridgehead atoms. The standard InChI is InChI=1S/C41H55N5O10/c1-2-13-31(37(50)39(52)42-26-34(49)45-36(41(54)55)29-17-7-4-8-18-29)43-38(51)32-20-12-21-46(32)40(53)35(28-15-5-3-6-16-28)44-33(48)25-27-14-11-19-30(24-27)56-23-10-9-22-47/h4,7-8,11,14,17-19,24,28,31-32,35-36,47H,2-3,5-6,9-10,12-13,15-16,20-23,25-26H2,1H3,(H,42,52)(H,43,51)(H,44,48)(H,45,49)(H,54,55)/t31?,32-,35-,36-/m0/s1. The molecule has 15 heteroatoms. The largest absolute Gasteiger partial charge is 0.494 e. The molecule has 0 aromatic heterocycles. The van der Waals surface area contributed by atoms with Gasteiger partial charge in [0.05, 0.1) is 25.6 Å². The molecule has 304 valence electrons. The molecule has 1 heterocycles. The highest BCUT2D eigenvalue weighted by Gasteiger charge is 2.41. The number of aliphatic carboxylic acids is 1. The third kappa shape index (κ3) is 12.9. The number of ketones is 1. The van der Waals surface area contributed by atoms with Gasteiger partial charge in [0.1, 0.15) is 17.8 Å². The van der Waals surface area contributed by atoms with Gasteiger partial charge in [-0.1, -0.05) is 75.1 Å². The molecule has 1 unspecified atom stereocenters. The van der Waals surface area contributed by atoms with Gasteiger partial charge in [-0.25, -0.2) is 4.79 Å². The molecule has 1 saturated heterocycles. The van der Waals surface area contributed by atoms with Crippen molar-refractivity contribution in [1.29, 1.82) is 0 Å². The van der Waals surface area contributed by atoms with Crippen molar-refractivity contribution in [2.24, 2.45) is 5.92 Å². The van der Waals surface area contributed by atoms with E-state index >= 15 is 0 Å². The first-order valence-corrected chi connectivity index (χ1v) is 19.6. The van der Waals surface area contributed by atoms with Crippen molar-refractivity contribution >= 4 is 41.3 Å². The molecule has 2 aliphatic rings. The number of nitrogens with zero attached hydrogens (tertiary/aromatic N) is 1. The zero-order valence-electron chi connectivity index (χ0n) is 32.0. The van der Waals surface area contributed by atoms with Gasteiger partial charge in [-0.15, -0.1) is 0 Å². The monoisotopic (exact) mass is 777 g/mol. The summed E-state index contributed by atoms with van der Waals surface area (Å²) >= 11 is 0. The maximum atomic E-state index is 14.3. The minimum Gasteiger partial charge on any atom is -0.494 e. The summed E-state index contributed by atoms with van der Waals surface area (Å²) in [5, 5.41) is 28.8. The van der Waals surface area contributed by atoms with Gasteiger partial charge in [0.2, 0.25) is 29.4 Å². The van der Waals surface area contributed by atoms with E-state index < -0.39 is 60.2 Å². The Morgan fingerprint density at radius 2 is 1.61 bits per heavy atom. The molecule has 4 atom stereocenters. The molecule has 1 saturated carbocycles. The maximum Gasteiger partial charge on any atom is 0.330 e. The zero-order chi connectivity index (χ0) is 40.5. The number of amides is 5. The number of carboxylic acid groups (broad SMARTS) is 1. The molecule has 0 spiro atoms. The Bertz CT molecular complexity index is 1660. The van der Waals surface area contributed by atoms with Crippen LogP contribution in [0.2, 0.25) is 0 Å². The molecule has 5 amide bonds. The number of unbranched alkanes of at least 4 members (excludes halogenated alkanes) is 1. The van der Waals surface area contributed by atoms with Crippen LogP contribution >= 0.6 is 0 Å².